The van der Waals surface area contributed by atoms with E-state index in [4.69, 9.17) is 0 Å². The molecule has 0 aromatic rings. The van der Waals surface area contributed by atoms with E-state index in [0.29, 0.717) is 10.8 Å². The van der Waals surface area contributed by atoms with Gasteiger partial charge >= 0.3 is 0 Å². The van der Waals surface area contributed by atoms with Crippen molar-refractivity contribution in [3.05, 3.63) is 0 Å². The molecule has 0 amide bonds. The summed E-state index contributed by atoms with van der Waals surface area (Å²) in [5.74, 6) is 3.87. The molecule has 4 atom stereocenters. The second-order valence-corrected chi connectivity index (χ2v) is 8.01. The minimum absolute atomic E-state index is 0.591. The Morgan fingerprint density at radius 1 is 1.12 bits per heavy atom. The molecule has 2 rings (SSSR count). The fourth-order valence-corrected chi connectivity index (χ4v) is 4.11. The molecule has 94 valence electrons. The van der Waals surface area contributed by atoms with Crippen molar-refractivity contribution in [2.45, 2.75) is 67.2 Å². The van der Waals surface area contributed by atoms with Crippen LogP contribution in [0.15, 0.2) is 0 Å². The standard InChI is InChI=1S/C16H30/c1-11(14-10-15(14,3)4)9-13-8-7-12(2)16(13,5)6/h11-14H,7-10H2,1-6H3. The van der Waals surface area contributed by atoms with Gasteiger partial charge in [0.15, 0.2) is 0 Å². The first-order chi connectivity index (χ1) is 7.25. The molecule has 0 radical (unpaired) electrons. The normalized spacial score (nSPS) is 42.0. The third kappa shape index (κ3) is 2.05. The van der Waals surface area contributed by atoms with Crippen LogP contribution in [0.25, 0.3) is 0 Å². The average Bonchev–Trinajstić information content (AvgIpc) is 2.73. The second kappa shape index (κ2) is 3.75. The van der Waals surface area contributed by atoms with Gasteiger partial charge in [-0.15, -0.1) is 0 Å². The first-order valence-corrected chi connectivity index (χ1v) is 7.25. The molecule has 0 spiro atoms. The molecule has 0 heteroatoms. The van der Waals surface area contributed by atoms with E-state index in [1.807, 2.05) is 0 Å². The first kappa shape index (κ1) is 12.5. The lowest BCUT2D eigenvalue weighted by molar-refractivity contribution is 0.162. The quantitative estimate of drug-likeness (QED) is 0.621. The Hall–Kier alpha value is 0. The Bertz CT molecular complexity index is 261. The largest absolute Gasteiger partial charge is 0.0622 e. The predicted octanol–water partition coefficient (Wildman–Crippen LogP) is 5.13. The molecule has 0 nitrogen and oxygen atoms in total. The SMILES string of the molecule is CC(CC1CCC(C)C1(C)C)C1CC1(C)C. The van der Waals surface area contributed by atoms with Gasteiger partial charge in [0.2, 0.25) is 0 Å². The molecular weight excluding hydrogens is 192 g/mol. The molecule has 2 aliphatic rings. The molecule has 2 fully saturated rings. The maximum absolute atomic E-state index is 2.50. The minimum atomic E-state index is 0.591. The third-order valence-corrected chi connectivity index (χ3v) is 6.20. The van der Waals surface area contributed by atoms with E-state index >= 15 is 0 Å². The number of hydrogen-bond donors (Lipinski definition) is 0. The molecule has 16 heavy (non-hydrogen) atoms. The summed E-state index contributed by atoms with van der Waals surface area (Å²) in [5, 5.41) is 0. The van der Waals surface area contributed by atoms with Crippen molar-refractivity contribution in [3.8, 4) is 0 Å². The molecule has 2 aliphatic carbocycles. The summed E-state index contributed by atoms with van der Waals surface area (Å²) in [7, 11) is 0. The summed E-state index contributed by atoms with van der Waals surface area (Å²) in [5.41, 5.74) is 1.25. The van der Waals surface area contributed by atoms with Gasteiger partial charge in [-0.25, -0.2) is 0 Å². The minimum Gasteiger partial charge on any atom is -0.0622 e. The van der Waals surface area contributed by atoms with Crippen LogP contribution in [0.4, 0.5) is 0 Å². The van der Waals surface area contributed by atoms with Crippen LogP contribution in [-0.2, 0) is 0 Å². The van der Waals surface area contributed by atoms with Gasteiger partial charge in [0.25, 0.3) is 0 Å². The number of hydrogen-bond acceptors (Lipinski definition) is 0. The molecular formula is C16H30. The van der Waals surface area contributed by atoms with Gasteiger partial charge in [-0.3, -0.25) is 0 Å². The molecule has 0 heterocycles. The van der Waals surface area contributed by atoms with Crippen molar-refractivity contribution in [2.24, 2.45) is 34.5 Å². The smallest absolute Gasteiger partial charge is 0.0300 e. The second-order valence-electron chi connectivity index (χ2n) is 8.01. The first-order valence-electron chi connectivity index (χ1n) is 7.25. The molecule has 0 bridgehead atoms. The van der Waals surface area contributed by atoms with Crippen LogP contribution in [0, 0.1) is 34.5 Å². The summed E-state index contributed by atoms with van der Waals surface area (Å²) in [6, 6.07) is 0. The molecule has 2 saturated carbocycles. The van der Waals surface area contributed by atoms with E-state index in [2.05, 4.69) is 41.5 Å². The van der Waals surface area contributed by atoms with Crippen LogP contribution in [0.5, 0.6) is 0 Å². The predicted molar refractivity (Wildman–Crippen MR) is 71.3 cm³/mol. The Morgan fingerprint density at radius 2 is 1.69 bits per heavy atom. The van der Waals surface area contributed by atoms with Gasteiger partial charge in [-0.1, -0.05) is 41.5 Å². The highest BCUT2D eigenvalue weighted by Gasteiger charge is 2.50. The highest BCUT2D eigenvalue weighted by atomic mass is 14.5. The van der Waals surface area contributed by atoms with Gasteiger partial charge in [0.05, 0.1) is 0 Å². The van der Waals surface area contributed by atoms with Gasteiger partial charge in [-0.05, 0) is 60.2 Å². The van der Waals surface area contributed by atoms with Crippen LogP contribution in [0.3, 0.4) is 0 Å². The van der Waals surface area contributed by atoms with Crippen LogP contribution >= 0.6 is 0 Å². The summed E-state index contributed by atoms with van der Waals surface area (Å²) in [6.07, 6.45) is 5.88. The van der Waals surface area contributed by atoms with Crippen molar-refractivity contribution in [3.63, 3.8) is 0 Å². The van der Waals surface area contributed by atoms with Crippen LogP contribution in [0.2, 0.25) is 0 Å². The highest BCUT2D eigenvalue weighted by molar-refractivity contribution is 4.99. The maximum Gasteiger partial charge on any atom is -0.0300 e. The highest BCUT2D eigenvalue weighted by Crippen LogP contribution is 2.59. The topological polar surface area (TPSA) is 0 Å². The molecule has 0 saturated heterocycles. The van der Waals surface area contributed by atoms with E-state index in [-0.39, 0.29) is 0 Å². The maximum atomic E-state index is 2.50. The van der Waals surface area contributed by atoms with Crippen LogP contribution < -0.4 is 0 Å². The third-order valence-electron chi connectivity index (χ3n) is 6.20. The van der Waals surface area contributed by atoms with Crippen molar-refractivity contribution in [2.75, 3.05) is 0 Å². The number of rotatable bonds is 3. The zero-order chi connectivity index (χ0) is 12.1. The lowest BCUT2D eigenvalue weighted by Crippen LogP contribution is -2.25. The van der Waals surface area contributed by atoms with Crippen molar-refractivity contribution < 1.29 is 0 Å². The molecule has 0 N–H and O–H groups in total. The monoisotopic (exact) mass is 222 g/mol. The van der Waals surface area contributed by atoms with Crippen molar-refractivity contribution in [1.29, 1.82) is 0 Å². The van der Waals surface area contributed by atoms with Gasteiger partial charge in [0, 0.05) is 0 Å². The van der Waals surface area contributed by atoms with Crippen molar-refractivity contribution >= 4 is 0 Å². The summed E-state index contributed by atoms with van der Waals surface area (Å²) >= 11 is 0. The van der Waals surface area contributed by atoms with E-state index in [9.17, 15) is 0 Å². The Morgan fingerprint density at radius 3 is 2.06 bits per heavy atom. The molecule has 0 aromatic heterocycles. The van der Waals surface area contributed by atoms with Crippen molar-refractivity contribution in [1.82, 2.24) is 0 Å². The van der Waals surface area contributed by atoms with E-state index < -0.39 is 0 Å². The fourth-order valence-electron chi connectivity index (χ4n) is 4.11. The molecule has 0 aliphatic heterocycles. The zero-order valence-corrected chi connectivity index (χ0v) is 12.1. The van der Waals surface area contributed by atoms with Gasteiger partial charge in [-0.2, -0.15) is 0 Å². The van der Waals surface area contributed by atoms with Crippen LogP contribution in [0.1, 0.15) is 67.2 Å². The summed E-state index contributed by atoms with van der Waals surface area (Å²) < 4.78 is 0. The summed E-state index contributed by atoms with van der Waals surface area (Å²) in [4.78, 5) is 0. The Labute approximate surface area is 102 Å². The Kier molecular flexibility index (Phi) is 2.92. The van der Waals surface area contributed by atoms with Crippen LogP contribution in [-0.4, -0.2) is 0 Å². The van der Waals surface area contributed by atoms with E-state index in [0.717, 1.165) is 23.7 Å². The van der Waals surface area contributed by atoms with Gasteiger partial charge < -0.3 is 0 Å². The van der Waals surface area contributed by atoms with E-state index in [1.165, 1.54) is 25.7 Å². The lowest BCUT2D eigenvalue weighted by Gasteiger charge is -2.33. The summed E-state index contributed by atoms with van der Waals surface area (Å²) in [6.45, 7) is 14.8. The zero-order valence-electron chi connectivity index (χ0n) is 12.1. The lowest BCUT2D eigenvalue weighted by atomic mass is 9.72. The fraction of sp³-hybridized carbons (Fsp3) is 1.00. The average molecular weight is 222 g/mol. The van der Waals surface area contributed by atoms with E-state index in [1.54, 1.807) is 0 Å². The molecule has 4 unspecified atom stereocenters. The van der Waals surface area contributed by atoms with Gasteiger partial charge in [0.1, 0.15) is 0 Å². The molecule has 0 aromatic carbocycles. The Balaban J connectivity index is 1.91.